The van der Waals surface area contributed by atoms with Crippen molar-refractivity contribution in [3.05, 3.63) is 35.9 Å². The number of carbonyl (C=O) groups is 1. The minimum Gasteiger partial charge on any atom is -0.507 e. The second kappa shape index (κ2) is 11.4. The summed E-state index contributed by atoms with van der Waals surface area (Å²) in [6.07, 6.45) is 14.6. The fourth-order valence-corrected chi connectivity index (χ4v) is 3.40. The van der Waals surface area contributed by atoms with Gasteiger partial charge in [0, 0.05) is 17.7 Å². The summed E-state index contributed by atoms with van der Waals surface area (Å²) >= 11 is 0. The van der Waals surface area contributed by atoms with Crippen molar-refractivity contribution in [1.82, 2.24) is 0 Å². The Morgan fingerprint density at radius 2 is 1.50 bits per heavy atom. The number of hydrogen-bond donors (Lipinski definition) is 2. The van der Waals surface area contributed by atoms with Gasteiger partial charge in [0.25, 0.3) is 0 Å². The van der Waals surface area contributed by atoms with Crippen LogP contribution >= 0.6 is 0 Å². The number of allylic oxidation sites excluding steroid dienone is 1. The van der Waals surface area contributed by atoms with Gasteiger partial charge >= 0.3 is 5.97 Å². The molecule has 0 bridgehead atoms. The van der Waals surface area contributed by atoms with Gasteiger partial charge in [0.15, 0.2) is 11.5 Å². The number of aromatic hydroxyl groups is 2. The van der Waals surface area contributed by atoms with Gasteiger partial charge in [-0.15, -0.1) is 0 Å². The van der Waals surface area contributed by atoms with Crippen LogP contribution in [0.25, 0.3) is 16.8 Å². The molecule has 0 aliphatic heterocycles. The lowest BCUT2D eigenvalue weighted by Gasteiger charge is -2.13. The summed E-state index contributed by atoms with van der Waals surface area (Å²) in [4.78, 5) is 11.5. The molecule has 2 aromatic carbocycles. The Balaban J connectivity index is 2.03. The lowest BCUT2D eigenvalue weighted by atomic mass is 10.0. The first kappa shape index (κ1) is 21.8. The largest absolute Gasteiger partial charge is 0.507 e. The molecule has 2 aromatic rings. The number of phenols is 2. The number of rotatable bonds is 11. The van der Waals surface area contributed by atoms with Crippen molar-refractivity contribution in [2.45, 2.75) is 71.6 Å². The number of unbranched alkanes of at least 4 members (excludes halogenated alkanes) is 8. The van der Waals surface area contributed by atoms with Crippen LogP contribution in [0, 0.1) is 0 Å². The molecule has 4 nitrogen and oxygen atoms in total. The molecule has 0 aliphatic rings. The Bertz CT molecular complexity index is 808. The monoisotopic (exact) mass is 384 g/mol. The number of phenolic OH excluding ortho intramolecular Hbond substituents is 2. The third kappa shape index (κ3) is 6.01. The van der Waals surface area contributed by atoms with Crippen LogP contribution in [0.5, 0.6) is 17.2 Å². The topological polar surface area (TPSA) is 66.8 Å². The van der Waals surface area contributed by atoms with E-state index < -0.39 is 5.97 Å². The van der Waals surface area contributed by atoms with E-state index in [2.05, 4.69) is 6.92 Å². The fraction of sp³-hybridized carbons (Fsp3) is 0.458. The SMILES string of the molecule is CCCCCCCCCC/C=C/c1c(OC(C)=O)c(O)c2ccccc2c1O. The van der Waals surface area contributed by atoms with Crippen LogP contribution in [0.4, 0.5) is 0 Å². The van der Waals surface area contributed by atoms with Crippen LogP contribution < -0.4 is 4.74 Å². The lowest BCUT2D eigenvalue weighted by molar-refractivity contribution is -0.132. The highest BCUT2D eigenvalue weighted by Gasteiger charge is 2.19. The number of benzene rings is 2. The minimum atomic E-state index is -0.539. The van der Waals surface area contributed by atoms with Crippen molar-refractivity contribution >= 4 is 22.8 Å². The van der Waals surface area contributed by atoms with E-state index in [9.17, 15) is 15.0 Å². The molecule has 0 saturated heterocycles. The molecular weight excluding hydrogens is 352 g/mol. The molecule has 2 rings (SSSR count). The number of ether oxygens (including phenoxy) is 1. The zero-order chi connectivity index (χ0) is 20.4. The Morgan fingerprint density at radius 1 is 0.929 bits per heavy atom. The average Bonchev–Trinajstić information content (AvgIpc) is 2.69. The molecule has 0 spiro atoms. The van der Waals surface area contributed by atoms with Crippen LogP contribution in [0.3, 0.4) is 0 Å². The minimum absolute atomic E-state index is 0.0101. The highest BCUT2D eigenvalue weighted by Crippen LogP contribution is 2.45. The van der Waals surface area contributed by atoms with Crippen molar-refractivity contribution in [1.29, 1.82) is 0 Å². The summed E-state index contributed by atoms with van der Waals surface area (Å²) < 4.78 is 5.21. The Kier molecular flexibility index (Phi) is 8.86. The van der Waals surface area contributed by atoms with Crippen molar-refractivity contribution in [2.75, 3.05) is 0 Å². The van der Waals surface area contributed by atoms with Crippen LogP contribution in [0.2, 0.25) is 0 Å². The molecule has 0 heterocycles. The highest BCUT2D eigenvalue weighted by atomic mass is 16.5. The van der Waals surface area contributed by atoms with E-state index in [0.29, 0.717) is 16.3 Å². The van der Waals surface area contributed by atoms with E-state index in [0.717, 1.165) is 12.8 Å². The normalized spacial score (nSPS) is 11.4. The van der Waals surface area contributed by atoms with E-state index in [1.807, 2.05) is 6.08 Å². The van der Waals surface area contributed by atoms with Crippen molar-refractivity contribution in [2.24, 2.45) is 0 Å². The summed E-state index contributed by atoms with van der Waals surface area (Å²) in [7, 11) is 0. The molecule has 0 aromatic heterocycles. The van der Waals surface area contributed by atoms with Crippen molar-refractivity contribution in [3.8, 4) is 17.2 Å². The standard InChI is InChI=1S/C24H32O4/c1-3-4-5-6-7-8-9-10-11-12-17-21-22(26)19-15-13-14-16-20(19)23(27)24(21)28-18(2)25/h12-17,26-27H,3-11H2,1-2H3/b17-12+. The molecule has 2 N–H and O–H groups in total. The number of fused-ring (bicyclic) bond motifs is 1. The van der Waals surface area contributed by atoms with E-state index in [1.54, 1.807) is 30.3 Å². The third-order valence-electron chi connectivity index (χ3n) is 4.91. The molecule has 152 valence electrons. The highest BCUT2D eigenvalue weighted by molar-refractivity contribution is 5.99. The first-order valence-electron chi connectivity index (χ1n) is 10.4. The molecule has 0 aliphatic carbocycles. The summed E-state index contributed by atoms with van der Waals surface area (Å²) in [6.45, 7) is 3.51. The fourth-order valence-electron chi connectivity index (χ4n) is 3.40. The zero-order valence-corrected chi connectivity index (χ0v) is 17.0. The molecule has 0 unspecified atom stereocenters. The molecule has 28 heavy (non-hydrogen) atoms. The van der Waals surface area contributed by atoms with Gasteiger partial charge in [0.2, 0.25) is 0 Å². The van der Waals surface area contributed by atoms with Crippen molar-refractivity contribution < 1.29 is 19.7 Å². The molecule has 0 atom stereocenters. The van der Waals surface area contributed by atoms with Gasteiger partial charge in [-0.1, -0.05) is 88.3 Å². The van der Waals surface area contributed by atoms with Gasteiger partial charge in [0.05, 0.1) is 5.56 Å². The molecular formula is C24H32O4. The van der Waals surface area contributed by atoms with Crippen LogP contribution in [0.1, 0.15) is 77.2 Å². The maximum atomic E-state index is 11.5. The third-order valence-corrected chi connectivity index (χ3v) is 4.91. The van der Waals surface area contributed by atoms with Crippen molar-refractivity contribution in [3.63, 3.8) is 0 Å². The second-order valence-electron chi connectivity index (χ2n) is 7.25. The Labute approximate surface area is 167 Å². The quantitative estimate of drug-likeness (QED) is 0.195. The maximum Gasteiger partial charge on any atom is 0.308 e. The zero-order valence-electron chi connectivity index (χ0n) is 17.0. The van der Waals surface area contributed by atoms with Crippen LogP contribution in [-0.4, -0.2) is 16.2 Å². The van der Waals surface area contributed by atoms with E-state index >= 15 is 0 Å². The maximum absolute atomic E-state index is 11.5. The molecule has 0 saturated carbocycles. The molecule has 0 amide bonds. The molecule has 0 fully saturated rings. The van der Waals surface area contributed by atoms with Gasteiger partial charge in [-0.05, 0) is 12.8 Å². The van der Waals surface area contributed by atoms with E-state index in [-0.39, 0.29) is 17.2 Å². The Morgan fingerprint density at radius 3 is 2.11 bits per heavy atom. The summed E-state index contributed by atoms with van der Waals surface area (Å²) in [5, 5.41) is 22.2. The predicted octanol–water partition coefficient (Wildman–Crippen LogP) is 6.72. The van der Waals surface area contributed by atoms with Gasteiger partial charge in [-0.2, -0.15) is 0 Å². The number of carbonyl (C=O) groups excluding carboxylic acids is 1. The molecule has 0 radical (unpaired) electrons. The smallest absolute Gasteiger partial charge is 0.308 e. The first-order chi connectivity index (χ1) is 13.6. The average molecular weight is 385 g/mol. The summed E-state index contributed by atoms with van der Waals surface area (Å²) in [5.41, 5.74) is 0.339. The predicted molar refractivity (Wildman–Crippen MR) is 115 cm³/mol. The van der Waals surface area contributed by atoms with E-state index in [1.165, 1.54) is 51.9 Å². The Hall–Kier alpha value is -2.49. The first-order valence-corrected chi connectivity index (χ1v) is 10.4. The van der Waals surface area contributed by atoms with Crippen LogP contribution in [0.15, 0.2) is 30.3 Å². The second-order valence-corrected chi connectivity index (χ2v) is 7.25. The summed E-state index contributed by atoms with van der Waals surface area (Å²) in [6, 6.07) is 6.97. The molecule has 4 heteroatoms. The van der Waals surface area contributed by atoms with Gasteiger partial charge in [-0.25, -0.2) is 0 Å². The number of hydrogen-bond acceptors (Lipinski definition) is 4. The summed E-state index contributed by atoms with van der Waals surface area (Å²) in [5.74, 6) is -0.647. The van der Waals surface area contributed by atoms with Gasteiger partial charge < -0.3 is 14.9 Å². The number of esters is 1. The lowest BCUT2D eigenvalue weighted by Crippen LogP contribution is -2.03. The van der Waals surface area contributed by atoms with Gasteiger partial charge in [-0.3, -0.25) is 4.79 Å². The van der Waals surface area contributed by atoms with E-state index in [4.69, 9.17) is 4.74 Å². The van der Waals surface area contributed by atoms with Gasteiger partial charge in [0.1, 0.15) is 5.75 Å². The van der Waals surface area contributed by atoms with Crippen LogP contribution in [-0.2, 0) is 4.79 Å².